The number of aliphatic imine (C=N–C) groups is 1. The van der Waals surface area contributed by atoms with Gasteiger partial charge in [-0.2, -0.15) is 0 Å². The van der Waals surface area contributed by atoms with Crippen LogP contribution >= 0.6 is 0 Å². The molecular weight excluding hydrogens is 100 g/mol. The van der Waals surface area contributed by atoms with Crippen LogP contribution < -0.4 is 5.73 Å². The van der Waals surface area contributed by atoms with E-state index >= 15 is 0 Å². The number of amidine groups is 1. The lowest BCUT2D eigenvalue weighted by Crippen LogP contribution is -2.14. The van der Waals surface area contributed by atoms with Crippen LogP contribution in [0.25, 0.3) is 0 Å². The highest BCUT2D eigenvalue weighted by atomic mass is 14.8. The SMILES string of the molecule is CN=C(N)C1CC1C. The molecule has 1 aliphatic carbocycles. The Kier molecular flexibility index (Phi) is 1.24. The Morgan fingerprint density at radius 1 is 1.75 bits per heavy atom. The summed E-state index contributed by atoms with van der Waals surface area (Å²) >= 11 is 0. The van der Waals surface area contributed by atoms with Gasteiger partial charge in [0.15, 0.2) is 0 Å². The van der Waals surface area contributed by atoms with Gasteiger partial charge in [0.2, 0.25) is 0 Å². The molecule has 0 spiro atoms. The maximum absolute atomic E-state index is 5.52. The first kappa shape index (κ1) is 5.60. The molecule has 0 amide bonds. The minimum Gasteiger partial charge on any atom is -0.387 e. The smallest absolute Gasteiger partial charge is 0.0967 e. The van der Waals surface area contributed by atoms with Gasteiger partial charge < -0.3 is 5.73 Å². The first-order chi connectivity index (χ1) is 3.75. The zero-order valence-electron chi connectivity index (χ0n) is 5.39. The van der Waals surface area contributed by atoms with Crippen molar-refractivity contribution in [2.45, 2.75) is 13.3 Å². The van der Waals surface area contributed by atoms with E-state index in [0.717, 1.165) is 11.8 Å². The van der Waals surface area contributed by atoms with Crippen molar-refractivity contribution in [3.8, 4) is 0 Å². The number of nitrogens with zero attached hydrogens (tertiary/aromatic N) is 1. The van der Waals surface area contributed by atoms with Gasteiger partial charge in [-0.05, 0) is 12.3 Å². The largest absolute Gasteiger partial charge is 0.387 e. The lowest BCUT2D eigenvalue weighted by molar-refractivity contribution is 0.917. The third-order valence-electron chi connectivity index (χ3n) is 1.75. The minimum atomic E-state index is 0.611. The van der Waals surface area contributed by atoms with Crippen LogP contribution in [-0.2, 0) is 0 Å². The van der Waals surface area contributed by atoms with Gasteiger partial charge in [0, 0.05) is 13.0 Å². The van der Waals surface area contributed by atoms with E-state index in [9.17, 15) is 0 Å². The van der Waals surface area contributed by atoms with Crippen LogP contribution in [0.5, 0.6) is 0 Å². The molecule has 2 heteroatoms. The Bertz CT molecular complexity index is 118. The van der Waals surface area contributed by atoms with E-state index < -0.39 is 0 Å². The number of nitrogens with two attached hydrogens (primary N) is 1. The predicted octanol–water partition coefficient (Wildman–Crippen LogP) is 0.629. The van der Waals surface area contributed by atoms with Gasteiger partial charge in [0.1, 0.15) is 0 Å². The van der Waals surface area contributed by atoms with Gasteiger partial charge in [0.25, 0.3) is 0 Å². The first-order valence-corrected chi connectivity index (χ1v) is 2.98. The van der Waals surface area contributed by atoms with Crippen molar-refractivity contribution in [2.75, 3.05) is 7.05 Å². The Morgan fingerprint density at radius 3 is 2.38 bits per heavy atom. The molecule has 1 saturated carbocycles. The standard InChI is InChI=1S/C6H12N2/c1-4-3-5(4)6(7)8-2/h4-5H,3H2,1-2H3,(H2,7,8). The van der Waals surface area contributed by atoms with Crippen molar-refractivity contribution in [3.63, 3.8) is 0 Å². The summed E-state index contributed by atoms with van der Waals surface area (Å²) in [5, 5.41) is 0. The third-order valence-corrected chi connectivity index (χ3v) is 1.75. The van der Waals surface area contributed by atoms with E-state index in [4.69, 9.17) is 5.73 Å². The van der Waals surface area contributed by atoms with Crippen LogP contribution in [0.4, 0.5) is 0 Å². The summed E-state index contributed by atoms with van der Waals surface area (Å²) in [6.45, 7) is 2.20. The van der Waals surface area contributed by atoms with Crippen LogP contribution in [0, 0.1) is 11.8 Å². The van der Waals surface area contributed by atoms with Crippen molar-refractivity contribution >= 4 is 5.84 Å². The fraction of sp³-hybridized carbons (Fsp3) is 0.833. The highest BCUT2D eigenvalue weighted by Crippen LogP contribution is 2.37. The molecule has 0 aliphatic heterocycles. The summed E-state index contributed by atoms with van der Waals surface area (Å²) in [6, 6.07) is 0. The quantitative estimate of drug-likeness (QED) is 0.392. The molecule has 2 nitrogen and oxygen atoms in total. The molecule has 1 rings (SSSR count). The number of hydrogen-bond donors (Lipinski definition) is 1. The molecule has 0 heterocycles. The summed E-state index contributed by atoms with van der Waals surface area (Å²) in [5.74, 6) is 2.23. The average Bonchev–Trinajstić information content (AvgIpc) is 2.45. The molecule has 0 aromatic carbocycles. The fourth-order valence-electron chi connectivity index (χ4n) is 0.900. The van der Waals surface area contributed by atoms with Gasteiger partial charge in [-0.1, -0.05) is 6.92 Å². The van der Waals surface area contributed by atoms with Crippen molar-refractivity contribution in [1.29, 1.82) is 0 Å². The lowest BCUT2D eigenvalue weighted by Gasteiger charge is -1.90. The van der Waals surface area contributed by atoms with E-state index in [1.165, 1.54) is 6.42 Å². The second-order valence-electron chi connectivity index (χ2n) is 2.47. The summed E-state index contributed by atoms with van der Waals surface area (Å²) in [7, 11) is 1.75. The zero-order valence-corrected chi connectivity index (χ0v) is 5.39. The molecule has 1 aliphatic rings. The Hall–Kier alpha value is -0.530. The number of rotatable bonds is 1. The summed E-state index contributed by atoms with van der Waals surface area (Å²) < 4.78 is 0. The van der Waals surface area contributed by atoms with E-state index in [-0.39, 0.29) is 0 Å². The summed E-state index contributed by atoms with van der Waals surface area (Å²) in [4.78, 5) is 3.90. The molecule has 8 heavy (non-hydrogen) atoms. The predicted molar refractivity (Wildman–Crippen MR) is 34.8 cm³/mol. The molecule has 2 N–H and O–H groups in total. The second kappa shape index (κ2) is 1.77. The molecule has 0 radical (unpaired) electrons. The van der Waals surface area contributed by atoms with Crippen LogP contribution in [0.15, 0.2) is 4.99 Å². The van der Waals surface area contributed by atoms with Crippen LogP contribution in [0.3, 0.4) is 0 Å². The molecule has 0 aromatic rings. The molecule has 2 atom stereocenters. The highest BCUT2D eigenvalue weighted by Gasteiger charge is 2.35. The van der Waals surface area contributed by atoms with Crippen molar-refractivity contribution < 1.29 is 0 Å². The Balaban J connectivity index is 2.39. The van der Waals surface area contributed by atoms with Gasteiger partial charge in [-0.15, -0.1) is 0 Å². The van der Waals surface area contributed by atoms with Gasteiger partial charge >= 0.3 is 0 Å². The van der Waals surface area contributed by atoms with E-state index in [0.29, 0.717) is 5.92 Å². The van der Waals surface area contributed by atoms with Gasteiger partial charge in [0.05, 0.1) is 5.84 Å². The number of hydrogen-bond acceptors (Lipinski definition) is 1. The fourth-order valence-corrected chi connectivity index (χ4v) is 0.900. The Labute approximate surface area is 49.8 Å². The lowest BCUT2D eigenvalue weighted by atomic mass is 10.3. The van der Waals surface area contributed by atoms with E-state index in [2.05, 4.69) is 11.9 Å². The van der Waals surface area contributed by atoms with E-state index in [1.54, 1.807) is 7.05 Å². The molecule has 0 saturated heterocycles. The second-order valence-corrected chi connectivity index (χ2v) is 2.47. The summed E-state index contributed by atoms with van der Waals surface area (Å²) in [6.07, 6.45) is 1.24. The molecular formula is C6H12N2. The monoisotopic (exact) mass is 112 g/mol. The molecule has 1 fully saturated rings. The highest BCUT2D eigenvalue weighted by molar-refractivity contribution is 5.85. The van der Waals surface area contributed by atoms with Gasteiger partial charge in [-0.25, -0.2) is 0 Å². The van der Waals surface area contributed by atoms with Crippen molar-refractivity contribution in [2.24, 2.45) is 22.6 Å². The zero-order chi connectivity index (χ0) is 6.15. The molecule has 0 bridgehead atoms. The third kappa shape index (κ3) is 0.831. The first-order valence-electron chi connectivity index (χ1n) is 2.98. The maximum Gasteiger partial charge on any atom is 0.0967 e. The topological polar surface area (TPSA) is 38.4 Å². The van der Waals surface area contributed by atoms with Crippen molar-refractivity contribution in [1.82, 2.24) is 0 Å². The minimum absolute atomic E-state index is 0.611. The molecule has 0 aromatic heterocycles. The summed E-state index contributed by atoms with van der Waals surface area (Å²) in [5.41, 5.74) is 5.52. The molecule has 46 valence electrons. The Morgan fingerprint density at radius 2 is 2.25 bits per heavy atom. The van der Waals surface area contributed by atoms with Crippen LogP contribution in [-0.4, -0.2) is 12.9 Å². The normalized spacial score (nSPS) is 37.5. The molecule has 2 unspecified atom stereocenters. The van der Waals surface area contributed by atoms with E-state index in [1.807, 2.05) is 0 Å². The maximum atomic E-state index is 5.52. The van der Waals surface area contributed by atoms with Crippen molar-refractivity contribution in [3.05, 3.63) is 0 Å². The van der Waals surface area contributed by atoms with Crippen LogP contribution in [0.2, 0.25) is 0 Å². The average molecular weight is 112 g/mol. The van der Waals surface area contributed by atoms with Crippen LogP contribution in [0.1, 0.15) is 13.3 Å². The van der Waals surface area contributed by atoms with Gasteiger partial charge in [-0.3, -0.25) is 4.99 Å².